The van der Waals surface area contributed by atoms with E-state index in [1.54, 1.807) is 18.5 Å². The van der Waals surface area contributed by atoms with Gasteiger partial charge >= 0.3 is 0 Å². The molecule has 0 spiro atoms. The molecule has 0 radical (unpaired) electrons. The molecule has 0 saturated carbocycles. The smallest absolute Gasteiger partial charge is 0.265 e. The number of hydrogen-bond acceptors (Lipinski definition) is 6. The van der Waals surface area contributed by atoms with E-state index < -0.39 is 0 Å². The SMILES string of the molecule is O=C(c1cnc(-c2ccco2)s1)N1CCCC(N2CCNCC2=O)C1. The van der Waals surface area contributed by atoms with Crippen LogP contribution in [0.25, 0.3) is 10.8 Å². The van der Waals surface area contributed by atoms with Gasteiger partial charge in [0.05, 0.1) is 19.0 Å². The van der Waals surface area contributed by atoms with Gasteiger partial charge in [0.25, 0.3) is 5.91 Å². The van der Waals surface area contributed by atoms with Crippen LogP contribution in [0.5, 0.6) is 0 Å². The van der Waals surface area contributed by atoms with E-state index in [4.69, 9.17) is 4.42 Å². The number of rotatable bonds is 3. The minimum atomic E-state index is -0.0115. The molecule has 7 nitrogen and oxygen atoms in total. The molecular formula is C17H20N4O3S. The fraction of sp³-hybridized carbons (Fsp3) is 0.471. The predicted molar refractivity (Wildman–Crippen MR) is 93.3 cm³/mol. The van der Waals surface area contributed by atoms with Crippen LogP contribution in [0.4, 0.5) is 0 Å². The average molecular weight is 360 g/mol. The standard InChI is InChI=1S/C17H20N4O3S/c22-15-10-18-5-7-21(15)12-3-1-6-20(11-12)17(23)14-9-19-16(25-14)13-4-2-8-24-13/h2,4,8-9,12,18H,1,3,5-7,10-11H2. The summed E-state index contributed by atoms with van der Waals surface area (Å²) in [6, 6.07) is 3.75. The Balaban J connectivity index is 1.46. The fourth-order valence-corrected chi connectivity index (χ4v) is 4.30. The normalized spacial score (nSPS) is 21.6. The van der Waals surface area contributed by atoms with Crippen molar-refractivity contribution in [3.8, 4) is 10.8 Å². The molecule has 2 fully saturated rings. The van der Waals surface area contributed by atoms with Crippen molar-refractivity contribution in [2.75, 3.05) is 32.7 Å². The second-order valence-electron chi connectivity index (χ2n) is 6.32. The van der Waals surface area contributed by atoms with Gasteiger partial charge in [0.1, 0.15) is 4.88 Å². The Morgan fingerprint density at radius 2 is 2.32 bits per heavy atom. The van der Waals surface area contributed by atoms with Gasteiger partial charge in [0, 0.05) is 32.2 Å². The van der Waals surface area contributed by atoms with Crippen molar-refractivity contribution in [1.82, 2.24) is 20.1 Å². The topological polar surface area (TPSA) is 78.7 Å². The van der Waals surface area contributed by atoms with Crippen molar-refractivity contribution in [2.24, 2.45) is 0 Å². The van der Waals surface area contributed by atoms with Crippen molar-refractivity contribution in [3.63, 3.8) is 0 Å². The molecule has 8 heteroatoms. The fourth-order valence-electron chi connectivity index (χ4n) is 3.44. The third-order valence-corrected chi connectivity index (χ3v) is 5.70. The van der Waals surface area contributed by atoms with Gasteiger partial charge in [-0.05, 0) is 25.0 Å². The summed E-state index contributed by atoms with van der Waals surface area (Å²) in [7, 11) is 0. The zero-order chi connectivity index (χ0) is 17.2. The van der Waals surface area contributed by atoms with Gasteiger partial charge in [-0.15, -0.1) is 11.3 Å². The number of thiazole rings is 1. The second kappa shape index (κ2) is 6.97. The maximum absolute atomic E-state index is 12.8. The van der Waals surface area contributed by atoms with Crippen LogP contribution >= 0.6 is 11.3 Å². The van der Waals surface area contributed by atoms with Gasteiger partial charge in [-0.3, -0.25) is 9.59 Å². The van der Waals surface area contributed by atoms with Crippen LogP contribution in [-0.2, 0) is 4.79 Å². The van der Waals surface area contributed by atoms with E-state index in [2.05, 4.69) is 10.3 Å². The monoisotopic (exact) mass is 360 g/mol. The lowest BCUT2D eigenvalue weighted by atomic mass is 10.0. The zero-order valence-electron chi connectivity index (χ0n) is 13.8. The zero-order valence-corrected chi connectivity index (χ0v) is 14.6. The molecule has 1 atom stereocenters. The summed E-state index contributed by atoms with van der Waals surface area (Å²) in [4.78, 5) is 33.6. The van der Waals surface area contributed by atoms with E-state index in [0.717, 1.165) is 25.9 Å². The van der Waals surface area contributed by atoms with E-state index in [0.29, 0.717) is 35.3 Å². The highest BCUT2D eigenvalue weighted by Crippen LogP contribution is 2.27. The lowest BCUT2D eigenvalue weighted by molar-refractivity contribution is -0.135. The first-order valence-corrected chi connectivity index (χ1v) is 9.33. The van der Waals surface area contributed by atoms with Gasteiger partial charge in [-0.2, -0.15) is 0 Å². The number of piperazine rings is 1. The molecule has 2 amide bonds. The summed E-state index contributed by atoms with van der Waals surface area (Å²) in [5.74, 6) is 0.790. The first-order chi connectivity index (χ1) is 12.2. The van der Waals surface area contributed by atoms with Gasteiger partial charge in [-0.25, -0.2) is 4.98 Å². The van der Waals surface area contributed by atoms with Crippen molar-refractivity contribution in [2.45, 2.75) is 18.9 Å². The molecule has 0 aliphatic carbocycles. The van der Waals surface area contributed by atoms with Gasteiger partial charge in [0.15, 0.2) is 10.8 Å². The number of aromatic nitrogens is 1. The second-order valence-corrected chi connectivity index (χ2v) is 7.35. The molecular weight excluding hydrogens is 340 g/mol. The maximum atomic E-state index is 12.8. The highest BCUT2D eigenvalue weighted by atomic mass is 32.1. The first-order valence-electron chi connectivity index (χ1n) is 8.51. The molecule has 0 aromatic carbocycles. The van der Waals surface area contributed by atoms with Crippen LogP contribution in [0.1, 0.15) is 22.5 Å². The molecule has 2 aromatic heterocycles. The van der Waals surface area contributed by atoms with Crippen molar-refractivity contribution in [1.29, 1.82) is 0 Å². The molecule has 1 unspecified atom stereocenters. The molecule has 132 valence electrons. The lowest BCUT2D eigenvalue weighted by Crippen LogP contribution is -2.57. The molecule has 2 aliphatic heterocycles. The summed E-state index contributed by atoms with van der Waals surface area (Å²) >= 11 is 1.34. The Morgan fingerprint density at radius 1 is 1.40 bits per heavy atom. The molecule has 4 rings (SSSR count). The summed E-state index contributed by atoms with van der Waals surface area (Å²) in [6.07, 6.45) is 5.08. The Kier molecular flexibility index (Phi) is 4.54. The molecule has 2 saturated heterocycles. The van der Waals surface area contributed by atoms with Crippen molar-refractivity contribution < 1.29 is 14.0 Å². The Hall–Kier alpha value is -2.19. The summed E-state index contributed by atoms with van der Waals surface area (Å²) in [6.45, 7) is 3.25. The number of piperidine rings is 1. The quantitative estimate of drug-likeness (QED) is 0.896. The maximum Gasteiger partial charge on any atom is 0.265 e. The molecule has 0 bridgehead atoms. The number of carbonyl (C=O) groups is 2. The third kappa shape index (κ3) is 3.32. The highest BCUT2D eigenvalue weighted by molar-refractivity contribution is 7.16. The molecule has 1 N–H and O–H groups in total. The predicted octanol–water partition coefficient (Wildman–Crippen LogP) is 1.44. The van der Waals surface area contributed by atoms with Crippen molar-refractivity contribution >= 4 is 23.2 Å². The number of amides is 2. The van der Waals surface area contributed by atoms with E-state index >= 15 is 0 Å². The van der Waals surface area contributed by atoms with Crippen LogP contribution < -0.4 is 5.32 Å². The van der Waals surface area contributed by atoms with Gasteiger partial charge < -0.3 is 19.5 Å². The molecule has 25 heavy (non-hydrogen) atoms. The minimum Gasteiger partial charge on any atom is -0.462 e. The molecule has 2 aliphatic rings. The molecule has 4 heterocycles. The Bertz CT molecular complexity index is 758. The number of nitrogens with zero attached hydrogens (tertiary/aromatic N) is 3. The van der Waals surface area contributed by atoms with E-state index in [-0.39, 0.29) is 17.9 Å². The third-order valence-electron chi connectivity index (χ3n) is 4.70. The minimum absolute atomic E-state index is 0.0115. The first kappa shape index (κ1) is 16.3. The van der Waals surface area contributed by atoms with Crippen LogP contribution in [-0.4, -0.2) is 65.4 Å². The number of nitrogens with one attached hydrogen (secondary N) is 1. The number of carbonyl (C=O) groups excluding carboxylic acids is 2. The van der Waals surface area contributed by atoms with Gasteiger partial charge in [0.2, 0.25) is 5.91 Å². The summed E-state index contributed by atoms with van der Waals surface area (Å²) in [5.41, 5.74) is 0. The van der Waals surface area contributed by atoms with Crippen LogP contribution in [0.3, 0.4) is 0 Å². The highest BCUT2D eigenvalue weighted by Gasteiger charge is 2.32. The van der Waals surface area contributed by atoms with Crippen LogP contribution in [0, 0.1) is 0 Å². The van der Waals surface area contributed by atoms with E-state index in [1.807, 2.05) is 15.9 Å². The lowest BCUT2D eigenvalue weighted by Gasteiger charge is -2.41. The summed E-state index contributed by atoms with van der Waals surface area (Å²) < 4.78 is 5.34. The van der Waals surface area contributed by atoms with Gasteiger partial charge in [-0.1, -0.05) is 0 Å². The van der Waals surface area contributed by atoms with Crippen LogP contribution in [0.15, 0.2) is 29.0 Å². The van der Waals surface area contributed by atoms with E-state index in [9.17, 15) is 9.59 Å². The van der Waals surface area contributed by atoms with Crippen LogP contribution in [0.2, 0.25) is 0 Å². The number of hydrogen-bond donors (Lipinski definition) is 1. The van der Waals surface area contributed by atoms with E-state index in [1.165, 1.54) is 11.3 Å². The Labute approximate surface area is 149 Å². The van der Waals surface area contributed by atoms with Crippen molar-refractivity contribution in [3.05, 3.63) is 29.5 Å². The number of likely N-dealkylation sites (tertiary alicyclic amines) is 1. The summed E-state index contributed by atoms with van der Waals surface area (Å²) in [5, 5.41) is 3.80. The molecule has 2 aromatic rings. The number of furan rings is 1. The largest absolute Gasteiger partial charge is 0.462 e. The Morgan fingerprint density at radius 3 is 3.12 bits per heavy atom. The average Bonchev–Trinajstić information content (AvgIpc) is 3.33.